The Bertz CT molecular complexity index is 483. The Morgan fingerprint density at radius 3 is 2.60 bits per heavy atom. The highest BCUT2D eigenvalue weighted by Crippen LogP contribution is 2.18. The third-order valence-corrected chi connectivity index (χ3v) is 2.74. The quantitative estimate of drug-likeness (QED) is 0.553. The lowest BCUT2D eigenvalue weighted by molar-refractivity contribution is -0.136. The van der Waals surface area contributed by atoms with Crippen LogP contribution in [0.4, 0.5) is 10.1 Å². The molecule has 0 spiro atoms. The fraction of sp³-hybridized carbons (Fsp3) is 0.385. The Labute approximate surface area is 121 Å². The number of hydrogen-bond acceptors (Lipinski definition) is 3. The SMILES string of the molecule is O=C(NCCCCCO)C(=O)Nc1ccc(Cl)cc1F. The molecular weight excluding hydrogens is 287 g/mol. The van der Waals surface area contributed by atoms with E-state index in [1.807, 2.05) is 0 Å². The second-order valence-electron chi connectivity index (χ2n) is 4.12. The first-order valence-electron chi connectivity index (χ1n) is 6.19. The third kappa shape index (κ3) is 5.54. The van der Waals surface area contributed by atoms with E-state index in [9.17, 15) is 14.0 Å². The molecule has 5 nitrogen and oxygen atoms in total. The number of aliphatic hydroxyl groups excluding tert-OH is 1. The molecule has 20 heavy (non-hydrogen) atoms. The summed E-state index contributed by atoms with van der Waals surface area (Å²) in [6.07, 6.45) is 2.07. The summed E-state index contributed by atoms with van der Waals surface area (Å²) in [7, 11) is 0. The zero-order valence-electron chi connectivity index (χ0n) is 10.8. The van der Waals surface area contributed by atoms with Crippen molar-refractivity contribution in [1.29, 1.82) is 0 Å². The summed E-state index contributed by atoms with van der Waals surface area (Å²) in [5.74, 6) is -2.47. The van der Waals surface area contributed by atoms with E-state index in [1.54, 1.807) is 0 Å². The number of benzene rings is 1. The number of carbonyl (C=O) groups excluding carboxylic acids is 2. The number of unbranched alkanes of at least 4 members (excludes halogenated alkanes) is 2. The molecule has 0 aliphatic rings. The maximum Gasteiger partial charge on any atom is 0.313 e. The average Bonchev–Trinajstić information content (AvgIpc) is 2.41. The molecule has 0 aliphatic heterocycles. The van der Waals surface area contributed by atoms with Gasteiger partial charge in [0.15, 0.2) is 0 Å². The van der Waals surface area contributed by atoms with Gasteiger partial charge in [-0.05, 0) is 37.5 Å². The molecule has 0 unspecified atom stereocenters. The highest BCUT2D eigenvalue weighted by molar-refractivity contribution is 6.39. The van der Waals surface area contributed by atoms with E-state index in [2.05, 4.69) is 10.6 Å². The van der Waals surface area contributed by atoms with Gasteiger partial charge in [0.05, 0.1) is 5.69 Å². The van der Waals surface area contributed by atoms with Crippen molar-refractivity contribution in [3.05, 3.63) is 29.0 Å². The molecule has 0 aromatic heterocycles. The number of aliphatic hydroxyl groups is 1. The summed E-state index contributed by atoms with van der Waals surface area (Å²) in [5, 5.41) is 13.4. The molecule has 0 aliphatic carbocycles. The molecule has 0 radical (unpaired) electrons. The summed E-state index contributed by atoms with van der Waals surface area (Å²) >= 11 is 5.58. The van der Waals surface area contributed by atoms with E-state index < -0.39 is 17.6 Å². The number of halogens is 2. The maximum absolute atomic E-state index is 13.4. The lowest BCUT2D eigenvalue weighted by atomic mass is 10.2. The summed E-state index contributed by atoms with van der Waals surface area (Å²) in [6.45, 7) is 0.430. The monoisotopic (exact) mass is 302 g/mol. The normalized spacial score (nSPS) is 10.2. The van der Waals surface area contributed by atoms with Gasteiger partial charge in [0.1, 0.15) is 5.82 Å². The standard InChI is InChI=1S/C13H16ClFN2O3/c14-9-4-5-11(10(15)8-9)17-13(20)12(19)16-6-2-1-3-7-18/h4-5,8,18H,1-3,6-7H2,(H,16,19)(H,17,20). The summed E-state index contributed by atoms with van der Waals surface area (Å²) in [6, 6.07) is 3.74. The molecule has 0 heterocycles. The topological polar surface area (TPSA) is 78.4 Å². The molecule has 0 saturated carbocycles. The Kier molecular flexibility index (Phi) is 6.97. The van der Waals surface area contributed by atoms with Crippen molar-refractivity contribution in [3.8, 4) is 0 Å². The Morgan fingerprint density at radius 2 is 1.95 bits per heavy atom. The van der Waals surface area contributed by atoms with Crippen molar-refractivity contribution in [1.82, 2.24) is 5.32 Å². The van der Waals surface area contributed by atoms with Crippen LogP contribution < -0.4 is 10.6 Å². The Balaban J connectivity index is 2.39. The van der Waals surface area contributed by atoms with Gasteiger partial charge in [-0.3, -0.25) is 9.59 Å². The average molecular weight is 303 g/mol. The summed E-state index contributed by atoms with van der Waals surface area (Å²) in [4.78, 5) is 22.9. The van der Waals surface area contributed by atoms with E-state index in [-0.39, 0.29) is 17.3 Å². The van der Waals surface area contributed by atoms with Crippen LogP contribution in [0.1, 0.15) is 19.3 Å². The first kappa shape index (κ1) is 16.4. The molecule has 0 atom stereocenters. The minimum Gasteiger partial charge on any atom is -0.396 e. The van der Waals surface area contributed by atoms with Crippen molar-refractivity contribution in [3.63, 3.8) is 0 Å². The van der Waals surface area contributed by atoms with Gasteiger partial charge in [-0.25, -0.2) is 4.39 Å². The predicted molar refractivity (Wildman–Crippen MR) is 74.0 cm³/mol. The molecule has 0 fully saturated rings. The van der Waals surface area contributed by atoms with Crippen LogP contribution in [0.3, 0.4) is 0 Å². The van der Waals surface area contributed by atoms with Crippen molar-refractivity contribution in [2.24, 2.45) is 0 Å². The summed E-state index contributed by atoms with van der Waals surface area (Å²) < 4.78 is 13.4. The van der Waals surface area contributed by atoms with Gasteiger partial charge in [0, 0.05) is 18.2 Å². The van der Waals surface area contributed by atoms with Crippen molar-refractivity contribution in [2.75, 3.05) is 18.5 Å². The minimum absolute atomic E-state index is 0.101. The van der Waals surface area contributed by atoms with Gasteiger partial charge in [-0.1, -0.05) is 11.6 Å². The van der Waals surface area contributed by atoms with Gasteiger partial charge in [0.25, 0.3) is 0 Å². The molecule has 1 rings (SSSR count). The number of rotatable bonds is 6. The van der Waals surface area contributed by atoms with Crippen molar-refractivity contribution in [2.45, 2.75) is 19.3 Å². The van der Waals surface area contributed by atoms with Gasteiger partial charge in [0.2, 0.25) is 0 Å². The zero-order chi connectivity index (χ0) is 15.0. The van der Waals surface area contributed by atoms with Crippen LogP contribution in [0.15, 0.2) is 18.2 Å². The molecule has 1 aromatic carbocycles. The third-order valence-electron chi connectivity index (χ3n) is 2.51. The lowest BCUT2D eigenvalue weighted by Gasteiger charge is -2.07. The molecule has 2 amide bonds. The van der Waals surface area contributed by atoms with Crippen molar-refractivity contribution >= 4 is 29.1 Å². The molecule has 3 N–H and O–H groups in total. The van der Waals surface area contributed by atoms with Gasteiger partial charge in [-0.2, -0.15) is 0 Å². The van der Waals surface area contributed by atoms with Crippen LogP contribution in [0.25, 0.3) is 0 Å². The highest BCUT2D eigenvalue weighted by atomic mass is 35.5. The van der Waals surface area contributed by atoms with Gasteiger partial charge >= 0.3 is 11.8 Å². The molecular formula is C13H16ClFN2O3. The van der Waals surface area contributed by atoms with Crippen LogP contribution in [0.5, 0.6) is 0 Å². The first-order valence-corrected chi connectivity index (χ1v) is 6.57. The fourth-order valence-corrected chi connectivity index (χ4v) is 1.62. The zero-order valence-corrected chi connectivity index (χ0v) is 11.5. The second kappa shape index (κ2) is 8.50. The van der Waals surface area contributed by atoms with E-state index in [4.69, 9.17) is 16.7 Å². The second-order valence-corrected chi connectivity index (χ2v) is 4.55. The number of amides is 2. The van der Waals surface area contributed by atoms with E-state index >= 15 is 0 Å². The van der Waals surface area contributed by atoms with Gasteiger partial charge < -0.3 is 15.7 Å². The van der Waals surface area contributed by atoms with Gasteiger partial charge in [-0.15, -0.1) is 0 Å². The number of anilines is 1. The number of nitrogens with one attached hydrogen (secondary N) is 2. The van der Waals surface area contributed by atoms with E-state index in [1.165, 1.54) is 12.1 Å². The van der Waals surface area contributed by atoms with Crippen LogP contribution >= 0.6 is 11.6 Å². The van der Waals surface area contributed by atoms with Crippen molar-refractivity contribution < 1.29 is 19.1 Å². The molecule has 7 heteroatoms. The van der Waals surface area contributed by atoms with Crippen LogP contribution in [0, 0.1) is 5.82 Å². The fourth-order valence-electron chi connectivity index (χ4n) is 1.47. The van der Waals surface area contributed by atoms with E-state index in [0.717, 1.165) is 12.5 Å². The highest BCUT2D eigenvalue weighted by Gasteiger charge is 2.15. The maximum atomic E-state index is 13.4. The first-order chi connectivity index (χ1) is 9.54. The summed E-state index contributed by atoms with van der Waals surface area (Å²) in [5.41, 5.74) is -0.102. The molecule has 1 aromatic rings. The Morgan fingerprint density at radius 1 is 1.20 bits per heavy atom. The number of carbonyl (C=O) groups is 2. The predicted octanol–water partition coefficient (Wildman–Crippen LogP) is 1.70. The largest absolute Gasteiger partial charge is 0.396 e. The molecule has 0 bridgehead atoms. The minimum atomic E-state index is -0.937. The molecule has 110 valence electrons. The smallest absolute Gasteiger partial charge is 0.313 e. The number of hydrogen-bond donors (Lipinski definition) is 3. The van der Waals surface area contributed by atoms with Crippen LogP contribution in [-0.2, 0) is 9.59 Å². The Hall–Kier alpha value is -1.66. The van der Waals surface area contributed by atoms with Crippen LogP contribution in [-0.4, -0.2) is 30.1 Å². The lowest BCUT2D eigenvalue weighted by Crippen LogP contribution is -2.36. The molecule has 0 saturated heterocycles. The van der Waals surface area contributed by atoms with Crippen LogP contribution in [0.2, 0.25) is 5.02 Å². The van der Waals surface area contributed by atoms with E-state index in [0.29, 0.717) is 19.4 Å².